The van der Waals surface area contributed by atoms with Gasteiger partial charge in [-0.05, 0) is 70.3 Å². The Bertz CT molecular complexity index is 935. The highest BCUT2D eigenvalue weighted by Gasteiger charge is 2.56. The Morgan fingerprint density at radius 3 is 2.48 bits per heavy atom. The van der Waals surface area contributed by atoms with Crippen molar-refractivity contribution in [1.29, 1.82) is 5.26 Å². The molecule has 2 aromatic heterocycles. The van der Waals surface area contributed by atoms with Crippen molar-refractivity contribution < 1.29 is 18.3 Å². The first-order valence-electron chi connectivity index (χ1n) is 10.3. The fourth-order valence-electron chi connectivity index (χ4n) is 4.31. The zero-order valence-corrected chi connectivity index (χ0v) is 17.9. The molecule has 3 heterocycles. The van der Waals surface area contributed by atoms with Gasteiger partial charge >= 0.3 is 6.18 Å². The number of likely N-dealkylation sites (tertiary alicyclic amines) is 1. The van der Waals surface area contributed by atoms with E-state index in [0.29, 0.717) is 24.2 Å². The van der Waals surface area contributed by atoms with Crippen LogP contribution in [0, 0.1) is 23.7 Å². The van der Waals surface area contributed by atoms with Crippen LogP contribution < -0.4 is 0 Å². The first-order valence-corrected chi connectivity index (χ1v) is 10.3. The van der Waals surface area contributed by atoms with Crippen LogP contribution in [0.4, 0.5) is 13.2 Å². The Morgan fingerprint density at radius 2 is 1.94 bits per heavy atom. The van der Waals surface area contributed by atoms with E-state index in [4.69, 9.17) is 5.26 Å². The Balaban J connectivity index is 1.84. The molecule has 3 rings (SSSR count). The summed E-state index contributed by atoms with van der Waals surface area (Å²) in [4.78, 5) is 10.5. The minimum atomic E-state index is -4.70. The maximum atomic E-state index is 13.6. The number of aliphatic hydroxyl groups is 1. The molecule has 2 atom stereocenters. The lowest BCUT2D eigenvalue weighted by molar-refractivity contribution is -0.239. The van der Waals surface area contributed by atoms with Crippen molar-refractivity contribution in [2.75, 3.05) is 13.1 Å². The molecule has 31 heavy (non-hydrogen) atoms. The average molecular weight is 432 g/mol. The summed E-state index contributed by atoms with van der Waals surface area (Å²) in [6.45, 7) is 6.38. The lowest BCUT2D eigenvalue weighted by Crippen LogP contribution is -2.49. The van der Waals surface area contributed by atoms with Crippen LogP contribution in [0.25, 0.3) is 0 Å². The number of nitriles is 1. The summed E-state index contributed by atoms with van der Waals surface area (Å²) < 4.78 is 40.9. The maximum absolute atomic E-state index is 13.6. The van der Waals surface area contributed by atoms with Crippen LogP contribution in [0.15, 0.2) is 36.7 Å². The largest absolute Gasteiger partial charge is 0.414 e. The first-order chi connectivity index (χ1) is 14.5. The highest BCUT2D eigenvalue weighted by molar-refractivity contribution is 5.26. The monoisotopic (exact) mass is 432 g/mol. The Morgan fingerprint density at radius 1 is 1.19 bits per heavy atom. The molecular weight excluding hydrogens is 405 g/mol. The van der Waals surface area contributed by atoms with E-state index >= 15 is 0 Å². The summed E-state index contributed by atoms with van der Waals surface area (Å²) in [6.07, 6.45) is -3.29. The SMILES string of the molecule is Cc1ccc(C(C)(C)N2CC[C@@](CCc3ccc(C#N)cn3)(C(O)C(F)(F)F)C2)cn1. The number of aryl methyl sites for hydroxylation is 2. The predicted octanol–water partition coefficient (Wildman–Crippen LogP) is 4.14. The van der Waals surface area contributed by atoms with E-state index in [1.54, 1.807) is 18.3 Å². The molecule has 2 aromatic rings. The van der Waals surface area contributed by atoms with Crippen molar-refractivity contribution in [3.63, 3.8) is 0 Å². The van der Waals surface area contributed by atoms with Gasteiger partial charge in [0.1, 0.15) is 6.07 Å². The Hall–Kier alpha value is -2.50. The summed E-state index contributed by atoms with van der Waals surface area (Å²) in [6, 6.07) is 9.07. The number of aliphatic hydroxyl groups excluding tert-OH is 1. The van der Waals surface area contributed by atoms with E-state index in [1.807, 2.05) is 43.9 Å². The van der Waals surface area contributed by atoms with Crippen LogP contribution >= 0.6 is 0 Å². The predicted molar refractivity (Wildman–Crippen MR) is 110 cm³/mol. The maximum Gasteiger partial charge on any atom is 0.414 e. The van der Waals surface area contributed by atoms with Gasteiger partial charge in [-0.3, -0.25) is 14.9 Å². The van der Waals surface area contributed by atoms with Crippen LogP contribution in [0.1, 0.15) is 49.2 Å². The molecule has 0 bridgehead atoms. The number of aromatic nitrogens is 2. The molecule has 1 aliphatic rings. The van der Waals surface area contributed by atoms with E-state index in [-0.39, 0.29) is 19.4 Å². The van der Waals surface area contributed by atoms with Crippen molar-refractivity contribution in [2.24, 2.45) is 5.41 Å². The number of rotatable bonds is 6. The van der Waals surface area contributed by atoms with Gasteiger partial charge in [0, 0.05) is 41.3 Å². The van der Waals surface area contributed by atoms with Gasteiger partial charge in [0.05, 0.1) is 5.56 Å². The second kappa shape index (κ2) is 8.56. The third-order valence-electron chi connectivity index (χ3n) is 6.52. The van der Waals surface area contributed by atoms with Gasteiger partial charge in [-0.15, -0.1) is 0 Å². The summed E-state index contributed by atoms with van der Waals surface area (Å²) >= 11 is 0. The van der Waals surface area contributed by atoms with Crippen LogP contribution in [0.3, 0.4) is 0 Å². The number of nitrogens with zero attached hydrogens (tertiary/aromatic N) is 4. The number of pyridine rings is 2. The van der Waals surface area contributed by atoms with Crippen LogP contribution in [-0.2, 0) is 12.0 Å². The average Bonchev–Trinajstić information content (AvgIpc) is 3.18. The van der Waals surface area contributed by atoms with Gasteiger partial charge in [-0.1, -0.05) is 6.07 Å². The molecule has 1 aliphatic heterocycles. The fraction of sp³-hybridized carbons (Fsp3) is 0.522. The second-order valence-electron chi connectivity index (χ2n) is 8.88. The van der Waals surface area contributed by atoms with Gasteiger partial charge in [0.25, 0.3) is 0 Å². The van der Waals surface area contributed by atoms with Gasteiger partial charge in [-0.25, -0.2) is 0 Å². The minimum absolute atomic E-state index is 0.116. The molecule has 8 heteroatoms. The molecule has 166 valence electrons. The van der Waals surface area contributed by atoms with Crippen molar-refractivity contribution in [1.82, 2.24) is 14.9 Å². The first kappa shape index (κ1) is 23.2. The quantitative estimate of drug-likeness (QED) is 0.743. The molecule has 0 spiro atoms. The zero-order chi connectivity index (χ0) is 22.9. The Labute approximate surface area is 180 Å². The highest BCUT2D eigenvalue weighted by Crippen LogP contribution is 2.47. The van der Waals surface area contributed by atoms with E-state index in [0.717, 1.165) is 11.3 Å². The molecule has 0 saturated carbocycles. The molecule has 1 N–H and O–H groups in total. The van der Waals surface area contributed by atoms with Gasteiger partial charge in [-0.2, -0.15) is 18.4 Å². The molecule has 5 nitrogen and oxygen atoms in total. The molecule has 0 aromatic carbocycles. The topological polar surface area (TPSA) is 73.0 Å². The summed E-state index contributed by atoms with van der Waals surface area (Å²) in [7, 11) is 0. The number of hydrogen-bond donors (Lipinski definition) is 1. The summed E-state index contributed by atoms with van der Waals surface area (Å²) in [5.41, 5.74) is 0.938. The zero-order valence-electron chi connectivity index (χ0n) is 17.9. The van der Waals surface area contributed by atoms with Crippen LogP contribution in [-0.4, -0.2) is 45.3 Å². The molecule has 1 fully saturated rings. The van der Waals surface area contributed by atoms with Crippen molar-refractivity contribution >= 4 is 0 Å². The van der Waals surface area contributed by atoms with E-state index in [9.17, 15) is 18.3 Å². The number of hydrogen-bond acceptors (Lipinski definition) is 5. The van der Waals surface area contributed by atoms with E-state index in [1.165, 1.54) is 6.20 Å². The van der Waals surface area contributed by atoms with Gasteiger partial charge in [0.15, 0.2) is 6.10 Å². The standard InChI is InChI=1S/C23H27F3N4O/c1-16-4-6-18(14-28-16)21(2,3)30-11-10-22(15-30,20(31)23(24,25)26)9-8-19-7-5-17(12-27)13-29-19/h4-7,13-14,20,31H,8-11,15H2,1-3H3/t20?,22-/m1/s1. The normalized spacial score (nSPS) is 21.1. The van der Waals surface area contributed by atoms with Gasteiger partial charge < -0.3 is 5.11 Å². The smallest absolute Gasteiger partial charge is 0.383 e. The van der Waals surface area contributed by atoms with Crippen LogP contribution in [0.5, 0.6) is 0 Å². The van der Waals surface area contributed by atoms with E-state index in [2.05, 4.69) is 9.97 Å². The third kappa shape index (κ3) is 4.89. The Kier molecular flexibility index (Phi) is 6.40. The highest BCUT2D eigenvalue weighted by atomic mass is 19.4. The lowest BCUT2D eigenvalue weighted by Gasteiger charge is -2.40. The number of alkyl halides is 3. The summed E-state index contributed by atoms with van der Waals surface area (Å²) in [5.74, 6) is 0. The third-order valence-corrected chi connectivity index (χ3v) is 6.52. The fourth-order valence-corrected chi connectivity index (χ4v) is 4.31. The molecule has 0 radical (unpaired) electrons. The second-order valence-corrected chi connectivity index (χ2v) is 8.88. The molecule has 0 amide bonds. The lowest BCUT2D eigenvalue weighted by atomic mass is 9.76. The van der Waals surface area contributed by atoms with Gasteiger partial charge in [0.2, 0.25) is 0 Å². The van der Waals surface area contributed by atoms with Crippen molar-refractivity contribution in [3.8, 4) is 6.07 Å². The van der Waals surface area contributed by atoms with Crippen molar-refractivity contribution in [3.05, 3.63) is 59.2 Å². The minimum Gasteiger partial charge on any atom is -0.383 e. The van der Waals surface area contributed by atoms with Crippen LogP contribution in [0.2, 0.25) is 0 Å². The molecule has 0 aliphatic carbocycles. The number of halogens is 3. The summed E-state index contributed by atoms with van der Waals surface area (Å²) in [5, 5.41) is 19.2. The molecule has 1 unspecified atom stereocenters. The van der Waals surface area contributed by atoms with Crippen molar-refractivity contribution in [2.45, 2.75) is 57.9 Å². The molecule has 1 saturated heterocycles. The molecular formula is C23H27F3N4O. The van der Waals surface area contributed by atoms with E-state index < -0.39 is 23.2 Å².